The van der Waals surface area contributed by atoms with Gasteiger partial charge in [-0.2, -0.15) is 0 Å². The summed E-state index contributed by atoms with van der Waals surface area (Å²) < 4.78 is 13.7. The highest BCUT2D eigenvalue weighted by molar-refractivity contribution is 7.80. The van der Waals surface area contributed by atoms with E-state index in [9.17, 15) is 9.18 Å². The molecule has 21 heavy (non-hydrogen) atoms. The average Bonchev–Trinajstić information content (AvgIpc) is 2.43. The normalized spacial score (nSPS) is 10.2. The molecular weight excluding hydrogens is 311 g/mol. The number of aryl methyl sites for hydroxylation is 1. The number of carbonyl (C=O) groups excluding carboxylic acids is 1. The predicted octanol–water partition coefficient (Wildman–Crippen LogP) is 3.67. The van der Waals surface area contributed by atoms with Crippen LogP contribution >= 0.6 is 23.8 Å². The molecule has 0 atom stereocenters. The van der Waals surface area contributed by atoms with Crippen molar-refractivity contribution in [3.05, 3.63) is 63.9 Å². The van der Waals surface area contributed by atoms with Crippen molar-refractivity contribution in [2.24, 2.45) is 5.73 Å². The summed E-state index contributed by atoms with van der Waals surface area (Å²) in [5.41, 5.74) is 7.39. The predicted molar refractivity (Wildman–Crippen MR) is 86.4 cm³/mol. The second kappa shape index (κ2) is 6.20. The van der Waals surface area contributed by atoms with Gasteiger partial charge in [0.15, 0.2) is 0 Å². The fourth-order valence-corrected chi connectivity index (χ4v) is 2.07. The minimum Gasteiger partial charge on any atom is -0.389 e. The van der Waals surface area contributed by atoms with Crippen molar-refractivity contribution >= 4 is 40.4 Å². The molecule has 0 saturated heterocycles. The summed E-state index contributed by atoms with van der Waals surface area (Å²) in [7, 11) is 0. The van der Waals surface area contributed by atoms with Crippen molar-refractivity contribution in [3.8, 4) is 0 Å². The second-order valence-corrected chi connectivity index (χ2v) is 5.35. The maximum absolute atomic E-state index is 13.7. The zero-order valence-electron chi connectivity index (χ0n) is 11.1. The first kappa shape index (κ1) is 15.4. The van der Waals surface area contributed by atoms with Crippen LogP contribution in [0.25, 0.3) is 0 Å². The van der Waals surface area contributed by atoms with E-state index in [1.807, 2.05) is 6.92 Å². The molecule has 0 bridgehead atoms. The average molecular weight is 323 g/mol. The van der Waals surface area contributed by atoms with Gasteiger partial charge in [0.1, 0.15) is 10.8 Å². The summed E-state index contributed by atoms with van der Waals surface area (Å²) in [6.07, 6.45) is 0. The van der Waals surface area contributed by atoms with Crippen molar-refractivity contribution in [1.82, 2.24) is 0 Å². The van der Waals surface area contributed by atoms with Crippen molar-refractivity contribution in [2.45, 2.75) is 6.92 Å². The molecule has 0 aromatic heterocycles. The summed E-state index contributed by atoms with van der Waals surface area (Å²) in [6, 6.07) is 8.99. The lowest BCUT2D eigenvalue weighted by atomic mass is 10.1. The summed E-state index contributed by atoms with van der Waals surface area (Å²) in [6.45, 7) is 1.81. The second-order valence-electron chi connectivity index (χ2n) is 4.47. The molecule has 3 nitrogen and oxygen atoms in total. The van der Waals surface area contributed by atoms with Crippen LogP contribution in [0.5, 0.6) is 0 Å². The van der Waals surface area contributed by atoms with Gasteiger partial charge in [-0.05, 0) is 36.8 Å². The summed E-state index contributed by atoms with van der Waals surface area (Å²) in [5.74, 6) is -1.22. The van der Waals surface area contributed by atoms with Crippen LogP contribution in [-0.2, 0) is 0 Å². The Morgan fingerprint density at radius 2 is 2.00 bits per heavy atom. The zero-order chi connectivity index (χ0) is 15.6. The number of halogens is 2. The number of nitrogens with one attached hydrogen (secondary N) is 1. The number of hydrogen-bond acceptors (Lipinski definition) is 2. The monoisotopic (exact) mass is 322 g/mol. The number of anilines is 1. The van der Waals surface area contributed by atoms with E-state index in [1.165, 1.54) is 12.1 Å². The Labute approximate surface area is 131 Å². The number of benzene rings is 2. The van der Waals surface area contributed by atoms with Crippen LogP contribution in [0, 0.1) is 12.7 Å². The third kappa shape index (κ3) is 3.56. The molecule has 0 saturated carbocycles. The summed E-state index contributed by atoms with van der Waals surface area (Å²) in [5, 5.41) is 2.92. The first-order chi connectivity index (χ1) is 9.88. The van der Waals surface area contributed by atoms with E-state index in [0.717, 1.165) is 11.6 Å². The maximum Gasteiger partial charge on any atom is 0.258 e. The topological polar surface area (TPSA) is 55.1 Å². The van der Waals surface area contributed by atoms with Crippen LogP contribution in [-0.4, -0.2) is 10.9 Å². The lowest BCUT2D eigenvalue weighted by Crippen LogP contribution is -2.16. The van der Waals surface area contributed by atoms with E-state index in [0.29, 0.717) is 11.3 Å². The van der Waals surface area contributed by atoms with Gasteiger partial charge in [0.25, 0.3) is 5.91 Å². The SMILES string of the molecule is Cc1ccc(C(N)=S)cc1NC(=O)c1cc(Cl)ccc1F. The van der Waals surface area contributed by atoms with Crippen molar-refractivity contribution < 1.29 is 9.18 Å². The molecule has 6 heteroatoms. The molecule has 1 amide bonds. The number of hydrogen-bond donors (Lipinski definition) is 2. The van der Waals surface area contributed by atoms with Gasteiger partial charge in [-0.15, -0.1) is 0 Å². The highest BCUT2D eigenvalue weighted by Crippen LogP contribution is 2.20. The Kier molecular flexibility index (Phi) is 4.55. The zero-order valence-corrected chi connectivity index (χ0v) is 12.7. The van der Waals surface area contributed by atoms with Gasteiger partial charge < -0.3 is 11.1 Å². The highest BCUT2D eigenvalue weighted by atomic mass is 35.5. The van der Waals surface area contributed by atoms with Gasteiger partial charge in [0, 0.05) is 16.3 Å². The first-order valence-corrected chi connectivity index (χ1v) is 6.84. The molecule has 0 aliphatic carbocycles. The van der Waals surface area contributed by atoms with E-state index in [2.05, 4.69) is 5.32 Å². The molecule has 0 heterocycles. The van der Waals surface area contributed by atoms with Crippen LogP contribution in [0.1, 0.15) is 21.5 Å². The third-order valence-corrected chi connectivity index (χ3v) is 3.41. The largest absolute Gasteiger partial charge is 0.389 e. The minimum atomic E-state index is -0.639. The molecule has 0 fully saturated rings. The standard InChI is InChI=1S/C15H12ClFN2OS/c1-8-2-3-9(14(18)21)6-13(8)19-15(20)11-7-10(16)4-5-12(11)17/h2-7H,1H3,(H2,18,21)(H,19,20). The molecule has 3 N–H and O–H groups in total. The van der Waals surface area contributed by atoms with Gasteiger partial charge >= 0.3 is 0 Å². The first-order valence-electron chi connectivity index (χ1n) is 6.05. The quantitative estimate of drug-likeness (QED) is 0.848. The Hall–Kier alpha value is -1.98. The van der Waals surface area contributed by atoms with Crippen LogP contribution in [0.3, 0.4) is 0 Å². The summed E-state index contributed by atoms with van der Waals surface area (Å²) >= 11 is 10.7. The summed E-state index contributed by atoms with van der Waals surface area (Å²) in [4.78, 5) is 12.4. The maximum atomic E-state index is 13.7. The lowest BCUT2D eigenvalue weighted by molar-refractivity contribution is 0.102. The fraction of sp³-hybridized carbons (Fsp3) is 0.0667. The number of amides is 1. The third-order valence-electron chi connectivity index (χ3n) is 2.94. The molecule has 0 spiro atoms. The molecule has 0 unspecified atom stereocenters. The molecular formula is C15H12ClFN2OS. The van der Waals surface area contributed by atoms with Crippen LogP contribution in [0.15, 0.2) is 36.4 Å². The fourth-order valence-electron chi connectivity index (χ4n) is 1.77. The molecule has 0 aliphatic heterocycles. The van der Waals surface area contributed by atoms with Gasteiger partial charge in [0.2, 0.25) is 0 Å². The highest BCUT2D eigenvalue weighted by Gasteiger charge is 2.14. The van der Waals surface area contributed by atoms with Crippen molar-refractivity contribution in [2.75, 3.05) is 5.32 Å². The van der Waals surface area contributed by atoms with Gasteiger partial charge in [-0.1, -0.05) is 36.0 Å². The Bertz CT molecular complexity index is 734. The molecule has 108 valence electrons. The van der Waals surface area contributed by atoms with Crippen LogP contribution in [0.2, 0.25) is 5.02 Å². The van der Waals surface area contributed by atoms with Crippen LogP contribution in [0.4, 0.5) is 10.1 Å². The number of nitrogens with two attached hydrogens (primary N) is 1. The van der Waals surface area contributed by atoms with Gasteiger partial charge in [-0.25, -0.2) is 4.39 Å². The van der Waals surface area contributed by atoms with E-state index in [4.69, 9.17) is 29.6 Å². The van der Waals surface area contributed by atoms with Crippen molar-refractivity contribution in [3.63, 3.8) is 0 Å². The number of carbonyl (C=O) groups is 1. The molecule has 0 aliphatic rings. The van der Waals surface area contributed by atoms with E-state index < -0.39 is 11.7 Å². The lowest BCUT2D eigenvalue weighted by Gasteiger charge is -2.11. The van der Waals surface area contributed by atoms with Crippen molar-refractivity contribution in [1.29, 1.82) is 0 Å². The molecule has 2 aromatic rings. The molecule has 0 radical (unpaired) electrons. The van der Waals surface area contributed by atoms with E-state index in [1.54, 1.807) is 18.2 Å². The van der Waals surface area contributed by atoms with E-state index >= 15 is 0 Å². The Morgan fingerprint density at radius 3 is 2.67 bits per heavy atom. The number of thiocarbonyl (C=S) groups is 1. The molecule has 2 aromatic carbocycles. The number of rotatable bonds is 3. The smallest absolute Gasteiger partial charge is 0.258 e. The molecule has 2 rings (SSSR count). The Morgan fingerprint density at radius 1 is 1.29 bits per heavy atom. The van der Waals surface area contributed by atoms with Gasteiger partial charge in [-0.3, -0.25) is 4.79 Å². The van der Waals surface area contributed by atoms with Crippen LogP contribution < -0.4 is 11.1 Å². The van der Waals surface area contributed by atoms with Gasteiger partial charge in [0.05, 0.1) is 5.56 Å². The minimum absolute atomic E-state index is 0.123. The van der Waals surface area contributed by atoms with E-state index in [-0.39, 0.29) is 15.6 Å². The Balaban J connectivity index is 2.33.